The summed E-state index contributed by atoms with van der Waals surface area (Å²) in [4.78, 5) is 6.65. The topological polar surface area (TPSA) is 48.9 Å². The Labute approximate surface area is 147 Å². The Morgan fingerprint density at radius 3 is 2.67 bits per heavy atom. The van der Waals surface area contributed by atoms with Crippen molar-refractivity contribution in [2.45, 2.75) is 46.7 Å². The number of ether oxygens (including phenoxy) is 1. The van der Waals surface area contributed by atoms with Gasteiger partial charge in [-0.15, -0.1) is 0 Å². The smallest absolute Gasteiger partial charge is 0.191 e. The number of likely N-dealkylation sites (N-methyl/N-ethyl adjacent to an activating group) is 1. The highest BCUT2D eigenvalue weighted by atomic mass is 16.5. The number of nitrogens with one attached hydrogen (secondary N) is 2. The van der Waals surface area contributed by atoms with Crippen molar-refractivity contribution in [2.24, 2.45) is 4.99 Å². The molecule has 1 aromatic carbocycles. The van der Waals surface area contributed by atoms with E-state index >= 15 is 0 Å². The van der Waals surface area contributed by atoms with Gasteiger partial charge in [-0.05, 0) is 45.9 Å². The lowest BCUT2D eigenvalue weighted by molar-refractivity contribution is 0.255. The summed E-state index contributed by atoms with van der Waals surface area (Å²) in [6.07, 6.45) is 1.16. The first kappa shape index (κ1) is 20.3. The first-order valence-corrected chi connectivity index (χ1v) is 8.88. The minimum Gasteiger partial charge on any atom is -0.494 e. The van der Waals surface area contributed by atoms with Crippen LogP contribution in [0.1, 0.15) is 38.3 Å². The zero-order chi connectivity index (χ0) is 17.9. The lowest BCUT2D eigenvalue weighted by Crippen LogP contribution is -2.42. The Morgan fingerprint density at radius 2 is 2.04 bits per heavy atom. The Hall–Kier alpha value is -1.75. The monoisotopic (exact) mass is 334 g/mol. The lowest BCUT2D eigenvalue weighted by Gasteiger charge is -2.24. The fourth-order valence-electron chi connectivity index (χ4n) is 2.38. The van der Waals surface area contributed by atoms with Gasteiger partial charge in [0.05, 0.1) is 6.61 Å². The first-order valence-electron chi connectivity index (χ1n) is 8.88. The van der Waals surface area contributed by atoms with Crippen LogP contribution in [-0.4, -0.2) is 50.7 Å². The second-order valence-electron chi connectivity index (χ2n) is 6.13. The van der Waals surface area contributed by atoms with E-state index in [1.165, 1.54) is 5.56 Å². The summed E-state index contributed by atoms with van der Waals surface area (Å²) in [6, 6.07) is 6.90. The Bertz CT molecular complexity index is 516. The molecule has 5 nitrogen and oxygen atoms in total. The molecule has 0 aromatic heterocycles. The van der Waals surface area contributed by atoms with Crippen LogP contribution in [0, 0.1) is 6.92 Å². The Balaban J connectivity index is 2.50. The second kappa shape index (κ2) is 10.9. The molecule has 1 rings (SSSR count). The van der Waals surface area contributed by atoms with Gasteiger partial charge in [0.1, 0.15) is 5.75 Å². The average Bonchev–Trinajstić information content (AvgIpc) is 2.58. The predicted molar refractivity (Wildman–Crippen MR) is 103 cm³/mol. The number of aliphatic imine (C=N–C) groups is 1. The van der Waals surface area contributed by atoms with E-state index in [1.54, 1.807) is 7.05 Å². The zero-order valence-electron chi connectivity index (χ0n) is 16.1. The summed E-state index contributed by atoms with van der Waals surface area (Å²) in [5, 5.41) is 6.73. The molecule has 136 valence electrons. The van der Waals surface area contributed by atoms with Gasteiger partial charge < -0.3 is 20.3 Å². The second-order valence-corrected chi connectivity index (χ2v) is 6.13. The summed E-state index contributed by atoms with van der Waals surface area (Å²) in [5.41, 5.74) is 2.35. The molecule has 0 radical (unpaired) electrons. The van der Waals surface area contributed by atoms with Crippen molar-refractivity contribution in [1.82, 2.24) is 15.5 Å². The van der Waals surface area contributed by atoms with E-state index in [0.717, 1.165) is 36.8 Å². The highest BCUT2D eigenvalue weighted by molar-refractivity contribution is 5.79. The van der Waals surface area contributed by atoms with Crippen molar-refractivity contribution < 1.29 is 4.74 Å². The van der Waals surface area contributed by atoms with E-state index in [4.69, 9.17) is 4.74 Å². The number of hydrogen-bond donors (Lipinski definition) is 2. The van der Waals surface area contributed by atoms with Gasteiger partial charge >= 0.3 is 0 Å². The molecule has 5 heteroatoms. The predicted octanol–water partition coefficient (Wildman–Crippen LogP) is 2.79. The summed E-state index contributed by atoms with van der Waals surface area (Å²) in [6.45, 7) is 11.8. The van der Waals surface area contributed by atoms with Gasteiger partial charge in [-0.3, -0.25) is 4.99 Å². The van der Waals surface area contributed by atoms with Gasteiger partial charge in [-0.2, -0.15) is 0 Å². The van der Waals surface area contributed by atoms with Crippen LogP contribution in [0.4, 0.5) is 0 Å². The maximum Gasteiger partial charge on any atom is 0.191 e. The highest BCUT2D eigenvalue weighted by Gasteiger charge is 2.07. The Morgan fingerprint density at radius 1 is 1.29 bits per heavy atom. The van der Waals surface area contributed by atoms with Crippen molar-refractivity contribution >= 4 is 5.96 Å². The van der Waals surface area contributed by atoms with Crippen LogP contribution in [0.3, 0.4) is 0 Å². The largest absolute Gasteiger partial charge is 0.494 e. The fraction of sp³-hybridized carbons (Fsp3) is 0.632. The molecule has 0 spiro atoms. The van der Waals surface area contributed by atoms with E-state index in [9.17, 15) is 0 Å². The normalized spacial score (nSPS) is 13.0. The lowest BCUT2D eigenvalue weighted by atomic mass is 10.1. The SMILES string of the molecule is CCOc1cc(C)ccc1CNC(=NC)NCCN(C)C(C)CC. The molecule has 1 aromatic rings. The molecule has 0 saturated carbocycles. The van der Waals surface area contributed by atoms with E-state index < -0.39 is 0 Å². The molecular formula is C19H34N4O. The standard InChI is InChI=1S/C19H34N4O/c1-7-16(4)23(6)12-11-21-19(20-5)22-14-17-10-9-15(3)13-18(17)24-8-2/h9-10,13,16H,7-8,11-12,14H2,1-6H3,(H2,20,21,22). The summed E-state index contributed by atoms with van der Waals surface area (Å²) >= 11 is 0. The number of nitrogens with zero attached hydrogens (tertiary/aromatic N) is 2. The van der Waals surface area contributed by atoms with Crippen LogP contribution < -0.4 is 15.4 Å². The maximum atomic E-state index is 5.73. The van der Waals surface area contributed by atoms with Crippen LogP contribution in [0.15, 0.2) is 23.2 Å². The highest BCUT2D eigenvalue weighted by Crippen LogP contribution is 2.20. The molecule has 1 atom stereocenters. The third kappa shape index (κ3) is 6.79. The van der Waals surface area contributed by atoms with Crippen molar-refractivity contribution in [3.8, 4) is 5.75 Å². The zero-order valence-corrected chi connectivity index (χ0v) is 16.1. The molecule has 0 aliphatic rings. The van der Waals surface area contributed by atoms with Gasteiger partial charge in [0.25, 0.3) is 0 Å². The summed E-state index contributed by atoms with van der Waals surface area (Å²) in [5.74, 6) is 1.76. The van der Waals surface area contributed by atoms with Crippen molar-refractivity contribution in [2.75, 3.05) is 33.8 Å². The van der Waals surface area contributed by atoms with Crippen molar-refractivity contribution in [3.05, 3.63) is 29.3 Å². The van der Waals surface area contributed by atoms with Gasteiger partial charge in [-0.25, -0.2) is 0 Å². The molecular weight excluding hydrogens is 300 g/mol. The van der Waals surface area contributed by atoms with Crippen LogP contribution in [0.2, 0.25) is 0 Å². The van der Waals surface area contributed by atoms with Crippen LogP contribution in [-0.2, 0) is 6.54 Å². The third-order valence-corrected chi connectivity index (χ3v) is 4.29. The van der Waals surface area contributed by atoms with Crippen molar-refractivity contribution in [3.63, 3.8) is 0 Å². The van der Waals surface area contributed by atoms with E-state index in [1.807, 2.05) is 6.92 Å². The minimum atomic E-state index is 0.600. The van der Waals surface area contributed by atoms with Crippen LogP contribution in [0.5, 0.6) is 5.75 Å². The first-order chi connectivity index (χ1) is 11.5. The quantitative estimate of drug-likeness (QED) is 0.538. The number of benzene rings is 1. The molecule has 1 unspecified atom stereocenters. The summed E-state index contributed by atoms with van der Waals surface area (Å²) in [7, 11) is 3.96. The Kier molecular flexibility index (Phi) is 9.23. The number of rotatable bonds is 9. The summed E-state index contributed by atoms with van der Waals surface area (Å²) < 4.78 is 5.73. The molecule has 0 heterocycles. The number of hydrogen-bond acceptors (Lipinski definition) is 3. The number of guanidine groups is 1. The van der Waals surface area contributed by atoms with Gasteiger partial charge in [0.2, 0.25) is 0 Å². The van der Waals surface area contributed by atoms with Crippen LogP contribution >= 0.6 is 0 Å². The van der Waals surface area contributed by atoms with E-state index in [2.05, 4.69) is 66.5 Å². The van der Waals surface area contributed by atoms with E-state index in [0.29, 0.717) is 19.2 Å². The minimum absolute atomic E-state index is 0.600. The average molecular weight is 335 g/mol. The van der Waals surface area contributed by atoms with Gasteiger partial charge in [0.15, 0.2) is 5.96 Å². The van der Waals surface area contributed by atoms with Gasteiger partial charge in [-0.1, -0.05) is 19.1 Å². The van der Waals surface area contributed by atoms with Gasteiger partial charge in [0, 0.05) is 38.3 Å². The van der Waals surface area contributed by atoms with Crippen LogP contribution in [0.25, 0.3) is 0 Å². The third-order valence-electron chi connectivity index (χ3n) is 4.29. The molecule has 0 saturated heterocycles. The molecule has 0 fully saturated rings. The molecule has 2 N–H and O–H groups in total. The maximum absolute atomic E-state index is 5.73. The molecule has 24 heavy (non-hydrogen) atoms. The van der Waals surface area contributed by atoms with E-state index in [-0.39, 0.29) is 0 Å². The molecule has 0 amide bonds. The molecule has 0 aliphatic heterocycles. The molecule has 0 aliphatic carbocycles. The van der Waals surface area contributed by atoms with Crippen molar-refractivity contribution in [1.29, 1.82) is 0 Å². The number of aryl methyl sites for hydroxylation is 1. The molecule has 0 bridgehead atoms. The fourth-order valence-corrected chi connectivity index (χ4v) is 2.38.